The van der Waals surface area contributed by atoms with Gasteiger partial charge in [0.15, 0.2) is 0 Å². The van der Waals surface area contributed by atoms with Gasteiger partial charge in [-0.25, -0.2) is 19.6 Å². The van der Waals surface area contributed by atoms with Crippen LogP contribution in [0.5, 0.6) is 5.75 Å². The standard InChI is InChI=1S/C36H43N7O4.2C7H14O.C4H7NO3.C2H2/c1-7-21(3)42(5)18-33-39-29-12-10-23-14-28-26-11-9-24(13-25(26)20-47-31(28)15-27(23)35(29)41-33)30-16-37-32(40-30)19-43(22(4)8-2)34(44)17-38-36(45)46-6;2*1-6-4-3-5-7(2)8-6;1-8-4(7)5-2-3-6;1-2/h9-16,21-22H,7-8,17-20H2,1-6H3,(H,37,40)(H,38,45)(H,39,41);2*6-7H,3-5H2,1-2H3;3H,2H2,1H3,(H,5,7);1-2H/t21-,22-;2*6-,7-;;/m011../s1. The van der Waals surface area contributed by atoms with Crippen LogP contribution in [0.2, 0.25) is 0 Å². The third kappa shape index (κ3) is 17.6. The van der Waals surface area contributed by atoms with Gasteiger partial charge in [0.2, 0.25) is 5.91 Å². The van der Waals surface area contributed by atoms with E-state index >= 15 is 0 Å². The van der Waals surface area contributed by atoms with Gasteiger partial charge in [0.05, 0.1) is 81.2 Å². The van der Waals surface area contributed by atoms with Crippen molar-refractivity contribution in [1.82, 2.24) is 40.4 Å². The maximum atomic E-state index is 12.9. The van der Waals surface area contributed by atoms with Crippen molar-refractivity contribution in [3.8, 4) is 41.0 Å². The summed E-state index contributed by atoms with van der Waals surface area (Å²) in [6.07, 6.45) is 20.8. The number of benzene rings is 3. The first-order chi connectivity index (χ1) is 35.1. The quantitative estimate of drug-likeness (QED) is 0.0643. The Hall–Kier alpha value is -6.48. The van der Waals surface area contributed by atoms with Gasteiger partial charge < -0.3 is 54.0 Å². The van der Waals surface area contributed by atoms with Gasteiger partial charge in [-0.05, 0) is 146 Å². The molecule has 398 valence electrons. The van der Waals surface area contributed by atoms with Crippen LogP contribution in [0.15, 0.2) is 48.7 Å². The van der Waals surface area contributed by atoms with Gasteiger partial charge in [-0.15, -0.1) is 12.8 Å². The highest BCUT2D eigenvalue weighted by atomic mass is 16.5. The number of aromatic nitrogens is 4. The van der Waals surface area contributed by atoms with Gasteiger partial charge in [-0.1, -0.05) is 32.0 Å². The van der Waals surface area contributed by atoms with E-state index in [0.29, 0.717) is 55.7 Å². The summed E-state index contributed by atoms with van der Waals surface area (Å²) in [6, 6.07) is 15.4. The van der Waals surface area contributed by atoms with E-state index in [1.807, 2.05) is 13.8 Å². The van der Waals surface area contributed by atoms with E-state index in [1.54, 1.807) is 11.1 Å². The van der Waals surface area contributed by atoms with E-state index in [4.69, 9.17) is 19.2 Å². The summed E-state index contributed by atoms with van der Waals surface area (Å²) < 4.78 is 26.0. The summed E-state index contributed by atoms with van der Waals surface area (Å²) in [5.41, 5.74) is 7.12. The van der Waals surface area contributed by atoms with Crippen LogP contribution in [0.25, 0.3) is 44.2 Å². The van der Waals surface area contributed by atoms with E-state index in [2.05, 4.69) is 144 Å². The van der Waals surface area contributed by atoms with Gasteiger partial charge in [-0.3, -0.25) is 9.69 Å². The average Bonchev–Trinajstić information content (AvgIpc) is 4.05. The van der Waals surface area contributed by atoms with Crippen molar-refractivity contribution < 1.29 is 42.9 Å². The molecule has 2 saturated heterocycles. The molecule has 17 nitrogen and oxygen atoms in total. The number of nitrogens with zero attached hydrogens (tertiary/aromatic N) is 4. The molecule has 8 rings (SSSR count). The highest BCUT2D eigenvalue weighted by Gasteiger charge is 2.24. The third-order valence-corrected chi connectivity index (χ3v) is 13.3. The van der Waals surface area contributed by atoms with Crippen LogP contribution in [0.3, 0.4) is 0 Å². The molecule has 73 heavy (non-hydrogen) atoms. The van der Waals surface area contributed by atoms with Crippen molar-refractivity contribution in [3.05, 3.63) is 65.9 Å². The molecule has 3 aliphatic rings. The zero-order valence-corrected chi connectivity index (χ0v) is 45.0. The first-order valence-electron chi connectivity index (χ1n) is 25.5. The van der Waals surface area contributed by atoms with Crippen LogP contribution in [0.4, 0.5) is 9.59 Å². The Labute approximate surface area is 432 Å². The van der Waals surface area contributed by atoms with Crippen LogP contribution < -0.4 is 15.4 Å². The molecule has 5 aromatic rings. The van der Waals surface area contributed by atoms with Crippen LogP contribution in [-0.2, 0) is 48.2 Å². The summed E-state index contributed by atoms with van der Waals surface area (Å²) in [5, 5.41) is 6.82. The first kappa shape index (κ1) is 59.1. The zero-order chi connectivity index (χ0) is 53.6. The Bertz CT molecular complexity index is 2520. The number of terminal acetylenes is 1. The normalized spacial score (nSPS) is 18.3. The number of amides is 3. The minimum atomic E-state index is -0.639. The molecule has 0 aliphatic carbocycles. The Kier molecular flexibility index (Phi) is 24.2. The minimum Gasteiger partial charge on any atom is -0.488 e. The highest BCUT2D eigenvalue weighted by Crippen LogP contribution is 2.42. The van der Waals surface area contributed by atoms with Crippen LogP contribution in [-0.4, -0.2) is 125 Å². The van der Waals surface area contributed by atoms with Gasteiger partial charge in [-0.2, -0.15) is 0 Å². The molecule has 2 aromatic heterocycles. The number of aromatic amines is 2. The number of methoxy groups -OCH3 is 2. The predicted octanol–water partition coefficient (Wildman–Crippen LogP) is 10.1. The summed E-state index contributed by atoms with van der Waals surface area (Å²) in [7, 11) is 4.64. The Morgan fingerprint density at radius 3 is 1.99 bits per heavy atom. The van der Waals surface area contributed by atoms with Gasteiger partial charge in [0.1, 0.15) is 36.8 Å². The van der Waals surface area contributed by atoms with Crippen LogP contribution in [0, 0.1) is 12.8 Å². The second kappa shape index (κ2) is 29.9. The summed E-state index contributed by atoms with van der Waals surface area (Å²) in [5.74, 6) is 2.27. The third-order valence-electron chi connectivity index (χ3n) is 13.3. The lowest BCUT2D eigenvalue weighted by atomic mass is 9.92. The molecule has 0 bridgehead atoms. The number of alkyl carbamates (subject to hydrolysis) is 2. The topological polar surface area (TPSA) is 202 Å². The fourth-order valence-electron chi connectivity index (χ4n) is 8.71. The first-order valence-corrected chi connectivity index (χ1v) is 25.5. The van der Waals surface area contributed by atoms with E-state index in [1.165, 1.54) is 52.7 Å². The van der Waals surface area contributed by atoms with Gasteiger partial charge >= 0.3 is 12.2 Å². The number of fused-ring (bicyclic) bond motifs is 6. The summed E-state index contributed by atoms with van der Waals surface area (Å²) >= 11 is 0. The molecule has 4 N–H and O–H groups in total. The van der Waals surface area contributed by atoms with Gasteiger partial charge in [0.25, 0.3) is 0 Å². The van der Waals surface area contributed by atoms with E-state index in [0.717, 1.165) is 80.7 Å². The van der Waals surface area contributed by atoms with E-state index < -0.39 is 12.2 Å². The van der Waals surface area contributed by atoms with Crippen molar-refractivity contribution in [1.29, 1.82) is 0 Å². The van der Waals surface area contributed by atoms with Crippen molar-refractivity contribution in [2.75, 3.05) is 34.4 Å². The lowest BCUT2D eigenvalue weighted by Gasteiger charge is -2.28. The number of aldehydes is 1. The average molecular weight is 1010 g/mol. The molecular weight excluding hydrogens is 929 g/mol. The Morgan fingerprint density at radius 2 is 1.42 bits per heavy atom. The van der Waals surface area contributed by atoms with Crippen molar-refractivity contribution >= 4 is 46.2 Å². The maximum Gasteiger partial charge on any atom is 0.407 e. The zero-order valence-electron chi connectivity index (χ0n) is 45.0. The molecule has 0 spiro atoms. The smallest absolute Gasteiger partial charge is 0.407 e. The molecular formula is C56H80N8O9. The molecule has 0 saturated carbocycles. The molecule has 2 fully saturated rings. The monoisotopic (exact) mass is 1010 g/mol. The molecule has 6 atom stereocenters. The number of hydrogen-bond acceptors (Lipinski definition) is 12. The highest BCUT2D eigenvalue weighted by molar-refractivity contribution is 6.07. The second-order valence-corrected chi connectivity index (χ2v) is 18.8. The molecule has 0 unspecified atom stereocenters. The molecule has 5 heterocycles. The predicted molar refractivity (Wildman–Crippen MR) is 287 cm³/mol. The molecule has 3 aliphatic heterocycles. The van der Waals surface area contributed by atoms with Crippen LogP contribution >= 0.6 is 0 Å². The number of imidazole rings is 2. The second-order valence-electron chi connectivity index (χ2n) is 18.8. The Morgan fingerprint density at radius 1 is 0.808 bits per heavy atom. The van der Waals surface area contributed by atoms with E-state index in [-0.39, 0.29) is 25.0 Å². The molecule has 3 aromatic carbocycles. The number of rotatable bonds is 13. The Balaban J connectivity index is 0.000000360. The van der Waals surface area contributed by atoms with Gasteiger partial charge in [0, 0.05) is 23.0 Å². The largest absolute Gasteiger partial charge is 0.488 e. The minimum absolute atomic E-state index is 0.00662. The molecule has 0 radical (unpaired) electrons. The maximum absolute atomic E-state index is 12.9. The number of ether oxygens (including phenoxy) is 5. The van der Waals surface area contributed by atoms with Crippen molar-refractivity contribution in [2.24, 2.45) is 0 Å². The molecule has 3 amide bonds. The van der Waals surface area contributed by atoms with E-state index in [9.17, 15) is 19.2 Å². The number of carbonyl (C=O) groups is 4. The number of carbonyl (C=O) groups excluding carboxylic acids is 4. The molecule has 17 heteroatoms. The van der Waals surface area contributed by atoms with Crippen molar-refractivity contribution in [3.63, 3.8) is 0 Å². The summed E-state index contributed by atoms with van der Waals surface area (Å²) in [4.78, 5) is 64.5. The number of H-pyrrole nitrogens is 2. The fraction of sp³-hybridized carbons (Fsp3) is 0.536. The fourth-order valence-corrected chi connectivity index (χ4v) is 8.71. The number of nitrogens with one attached hydrogen (secondary N) is 4. The SMILES string of the molecule is C#C.CC[C@H](C)N(C)Cc1nc2c(ccc3cc4c(cc32)OCc2cc(-c3cnc(CN(C(=O)CNC(=O)OC)[C@@H](C)CC)[nH]3)ccc2-4)[nH]1.COC(=O)NCC=O.C[C@@H]1CCC[C@@H](C)O1.C[C@@H]1CCC[C@@H](C)O1. The number of hydrogen-bond donors (Lipinski definition) is 4. The van der Waals surface area contributed by atoms with Crippen LogP contribution in [0.1, 0.15) is 124 Å². The lowest BCUT2D eigenvalue weighted by molar-refractivity contribution is -0.133. The summed E-state index contributed by atoms with van der Waals surface area (Å²) in [6.45, 7) is 18.4. The van der Waals surface area contributed by atoms with Crippen molar-refractivity contribution in [2.45, 2.75) is 163 Å². The lowest BCUT2D eigenvalue weighted by Crippen LogP contribution is -2.44.